The highest BCUT2D eigenvalue weighted by Crippen LogP contribution is 2.27. The Bertz CT molecular complexity index is 404. The van der Waals surface area contributed by atoms with Gasteiger partial charge in [0.25, 0.3) is 0 Å². The van der Waals surface area contributed by atoms with Crippen molar-refractivity contribution in [1.82, 2.24) is 0 Å². The molecule has 0 unspecified atom stereocenters. The fraction of sp³-hybridized carbons (Fsp3) is 0.455. The molecule has 0 atom stereocenters. The fourth-order valence-electron chi connectivity index (χ4n) is 1.52. The molecule has 0 spiro atoms. The molecule has 0 aromatic heterocycles. The molecule has 0 saturated carbocycles. The number of hydrogen-bond acceptors (Lipinski definition) is 2. The van der Waals surface area contributed by atoms with Crippen molar-refractivity contribution in [2.45, 2.75) is 6.92 Å². The number of ether oxygens (including phenoxy) is 1. The van der Waals surface area contributed by atoms with E-state index in [1.54, 1.807) is 0 Å². The maximum absolute atomic E-state index is 13.2. The van der Waals surface area contributed by atoms with Gasteiger partial charge in [-0.3, -0.25) is 0 Å². The lowest BCUT2D eigenvalue weighted by Gasteiger charge is -2.38. The Morgan fingerprint density at radius 2 is 1.81 bits per heavy atom. The molecule has 0 bridgehead atoms. The second-order valence-electron chi connectivity index (χ2n) is 4.40. The smallest absolute Gasteiger partial charge is 0.161 e. The van der Waals surface area contributed by atoms with Crippen LogP contribution in [0, 0.1) is 22.9 Å². The van der Waals surface area contributed by atoms with Crippen LogP contribution in [-0.4, -0.2) is 19.8 Å². The molecule has 0 aliphatic carbocycles. The summed E-state index contributed by atoms with van der Waals surface area (Å²) >= 11 is 0. The van der Waals surface area contributed by atoms with E-state index < -0.39 is 17.5 Å². The van der Waals surface area contributed by atoms with Gasteiger partial charge in [0.15, 0.2) is 11.6 Å². The summed E-state index contributed by atoms with van der Waals surface area (Å²) in [5.74, 6) is -3.03. The van der Waals surface area contributed by atoms with Gasteiger partial charge in [-0.2, -0.15) is 0 Å². The van der Waals surface area contributed by atoms with Crippen LogP contribution in [0.1, 0.15) is 6.92 Å². The molecule has 5 heteroatoms. The molecule has 1 N–H and O–H groups in total. The summed E-state index contributed by atoms with van der Waals surface area (Å²) in [6, 6.07) is 1.37. The van der Waals surface area contributed by atoms with E-state index in [0.717, 1.165) is 6.07 Å². The first kappa shape index (κ1) is 11.3. The third-order valence-corrected chi connectivity index (χ3v) is 2.62. The van der Waals surface area contributed by atoms with E-state index >= 15 is 0 Å². The summed E-state index contributed by atoms with van der Waals surface area (Å²) in [6.45, 7) is 3.62. The number of benzene rings is 1. The number of halogens is 3. The van der Waals surface area contributed by atoms with Gasteiger partial charge < -0.3 is 10.1 Å². The first-order valence-electron chi connectivity index (χ1n) is 4.96. The molecule has 1 aromatic rings. The maximum Gasteiger partial charge on any atom is 0.161 e. The van der Waals surface area contributed by atoms with E-state index in [2.05, 4.69) is 5.32 Å². The molecule has 2 rings (SSSR count). The van der Waals surface area contributed by atoms with Crippen molar-refractivity contribution in [2.75, 3.05) is 25.1 Å². The van der Waals surface area contributed by atoms with E-state index in [1.165, 1.54) is 0 Å². The SMILES string of the molecule is CC1(CNc2cc(F)c(F)cc2F)COC1. The summed E-state index contributed by atoms with van der Waals surface area (Å²) in [7, 11) is 0. The lowest BCUT2D eigenvalue weighted by atomic mass is 9.88. The van der Waals surface area contributed by atoms with E-state index in [0.29, 0.717) is 25.8 Å². The second-order valence-corrected chi connectivity index (χ2v) is 4.40. The van der Waals surface area contributed by atoms with Crippen LogP contribution in [0.5, 0.6) is 0 Å². The highest BCUT2D eigenvalue weighted by Gasteiger charge is 2.33. The van der Waals surface area contributed by atoms with Gasteiger partial charge in [-0.15, -0.1) is 0 Å². The van der Waals surface area contributed by atoms with E-state index in [9.17, 15) is 13.2 Å². The standard InChI is InChI=1S/C11H12F3NO/c1-11(5-16-6-11)4-15-10-3-8(13)7(12)2-9(10)14/h2-3,15H,4-6H2,1H3. The molecule has 2 nitrogen and oxygen atoms in total. The van der Waals surface area contributed by atoms with Crippen molar-refractivity contribution < 1.29 is 17.9 Å². The molecule has 1 aromatic carbocycles. The van der Waals surface area contributed by atoms with E-state index in [1.807, 2.05) is 6.92 Å². The fourth-order valence-corrected chi connectivity index (χ4v) is 1.52. The minimum absolute atomic E-state index is 0.0213. The Balaban J connectivity index is 2.06. The molecular formula is C11H12F3NO. The van der Waals surface area contributed by atoms with Crippen LogP contribution in [-0.2, 0) is 4.74 Å². The molecule has 1 heterocycles. The van der Waals surface area contributed by atoms with Crippen molar-refractivity contribution in [3.63, 3.8) is 0 Å². The lowest BCUT2D eigenvalue weighted by Crippen LogP contribution is -2.45. The minimum atomic E-state index is -1.18. The zero-order valence-corrected chi connectivity index (χ0v) is 8.82. The molecule has 0 radical (unpaired) electrons. The van der Waals surface area contributed by atoms with Gasteiger partial charge in [-0.05, 0) is 0 Å². The van der Waals surface area contributed by atoms with Crippen LogP contribution < -0.4 is 5.32 Å². The van der Waals surface area contributed by atoms with Crippen LogP contribution in [0.4, 0.5) is 18.9 Å². The Kier molecular flexibility index (Phi) is 2.80. The molecule has 16 heavy (non-hydrogen) atoms. The normalized spacial score (nSPS) is 18.0. The third-order valence-electron chi connectivity index (χ3n) is 2.62. The zero-order chi connectivity index (χ0) is 11.8. The first-order chi connectivity index (χ1) is 7.50. The maximum atomic E-state index is 13.2. The largest absolute Gasteiger partial charge is 0.382 e. The predicted molar refractivity (Wildman–Crippen MR) is 53.7 cm³/mol. The quantitative estimate of drug-likeness (QED) is 0.807. The molecule has 1 fully saturated rings. The number of rotatable bonds is 3. The van der Waals surface area contributed by atoms with Gasteiger partial charge in [-0.25, -0.2) is 13.2 Å². The van der Waals surface area contributed by atoms with Crippen LogP contribution in [0.25, 0.3) is 0 Å². The van der Waals surface area contributed by atoms with E-state index in [-0.39, 0.29) is 11.1 Å². The molecule has 1 saturated heterocycles. The average molecular weight is 231 g/mol. The highest BCUT2D eigenvalue weighted by molar-refractivity contribution is 5.45. The van der Waals surface area contributed by atoms with Crippen LogP contribution in [0.3, 0.4) is 0 Å². The van der Waals surface area contributed by atoms with Crippen molar-refractivity contribution >= 4 is 5.69 Å². The monoisotopic (exact) mass is 231 g/mol. The highest BCUT2D eigenvalue weighted by atomic mass is 19.2. The summed E-state index contributed by atoms with van der Waals surface area (Å²) in [4.78, 5) is 0. The first-order valence-corrected chi connectivity index (χ1v) is 4.96. The summed E-state index contributed by atoms with van der Waals surface area (Å²) in [6.07, 6.45) is 0. The number of anilines is 1. The van der Waals surface area contributed by atoms with Gasteiger partial charge in [0.2, 0.25) is 0 Å². The van der Waals surface area contributed by atoms with Crippen molar-refractivity contribution in [2.24, 2.45) is 5.41 Å². The Morgan fingerprint density at radius 3 is 2.38 bits per heavy atom. The molecular weight excluding hydrogens is 219 g/mol. The zero-order valence-electron chi connectivity index (χ0n) is 8.82. The van der Waals surface area contributed by atoms with Gasteiger partial charge in [0.1, 0.15) is 5.82 Å². The molecule has 1 aliphatic heterocycles. The van der Waals surface area contributed by atoms with Gasteiger partial charge in [0.05, 0.1) is 18.9 Å². The van der Waals surface area contributed by atoms with Crippen molar-refractivity contribution in [3.8, 4) is 0 Å². The predicted octanol–water partition coefficient (Wildman–Crippen LogP) is 2.55. The topological polar surface area (TPSA) is 21.3 Å². The molecule has 0 amide bonds. The van der Waals surface area contributed by atoms with E-state index in [4.69, 9.17) is 4.74 Å². The number of nitrogens with one attached hydrogen (secondary N) is 1. The lowest BCUT2D eigenvalue weighted by molar-refractivity contribution is -0.0924. The Labute approximate surface area is 91.4 Å². The van der Waals surface area contributed by atoms with Crippen LogP contribution in [0.2, 0.25) is 0 Å². The Morgan fingerprint density at radius 1 is 1.19 bits per heavy atom. The van der Waals surface area contributed by atoms with Crippen LogP contribution in [0.15, 0.2) is 12.1 Å². The average Bonchev–Trinajstić information content (AvgIpc) is 2.19. The van der Waals surface area contributed by atoms with Gasteiger partial charge in [0, 0.05) is 24.1 Å². The van der Waals surface area contributed by atoms with Crippen LogP contribution >= 0.6 is 0 Å². The van der Waals surface area contributed by atoms with Gasteiger partial charge >= 0.3 is 0 Å². The molecule has 88 valence electrons. The van der Waals surface area contributed by atoms with Crippen molar-refractivity contribution in [3.05, 3.63) is 29.6 Å². The Hall–Kier alpha value is -1.23. The summed E-state index contributed by atoms with van der Waals surface area (Å²) < 4.78 is 43.8. The minimum Gasteiger partial charge on any atom is -0.382 e. The number of hydrogen-bond donors (Lipinski definition) is 1. The summed E-state index contributed by atoms with van der Waals surface area (Å²) in [5, 5.41) is 2.76. The summed E-state index contributed by atoms with van der Waals surface area (Å²) in [5.41, 5.74) is -0.0795. The third kappa shape index (κ3) is 2.14. The van der Waals surface area contributed by atoms with Crippen molar-refractivity contribution in [1.29, 1.82) is 0 Å². The van der Waals surface area contributed by atoms with Gasteiger partial charge in [-0.1, -0.05) is 6.92 Å². The molecule has 1 aliphatic rings. The second kappa shape index (κ2) is 3.97.